The summed E-state index contributed by atoms with van der Waals surface area (Å²) in [7, 11) is 4.84. The molecule has 0 unspecified atom stereocenters. The topological polar surface area (TPSA) is 69.3 Å². The summed E-state index contributed by atoms with van der Waals surface area (Å²) < 4.78 is 23.4. The number of nitrogens with one attached hydrogen (secondary N) is 1. The molecule has 7 nitrogen and oxygen atoms in total. The molecule has 8 heteroatoms. The number of morpholine rings is 1. The van der Waals surface area contributed by atoms with E-state index in [1.807, 2.05) is 43.3 Å². The normalized spacial score (nSPS) is 13.7. The average molecular weight is 620 g/mol. The van der Waals surface area contributed by atoms with Crippen LogP contribution in [0.15, 0.2) is 65.1 Å². The highest BCUT2D eigenvalue weighted by Gasteiger charge is 2.22. The highest BCUT2D eigenvalue weighted by molar-refractivity contribution is 9.10. The van der Waals surface area contributed by atoms with Gasteiger partial charge in [0.05, 0.1) is 40.1 Å². The van der Waals surface area contributed by atoms with E-state index in [-0.39, 0.29) is 5.91 Å². The van der Waals surface area contributed by atoms with E-state index in [9.17, 15) is 4.79 Å². The first-order chi connectivity index (χ1) is 19.9. The molecule has 5 rings (SSSR count). The summed E-state index contributed by atoms with van der Waals surface area (Å²) in [5.74, 6) is 1.49. The molecule has 4 aromatic carbocycles. The van der Waals surface area contributed by atoms with Gasteiger partial charge in [0.15, 0.2) is 11.5 Å². The van der Waals surface area contributed by atoms with Crippen LogP contribution in [0.1, 0.15) is 21.5 Å². The van der Waals surface area contributed by atoms with Gasteiger partial charge in [0.25, 0.3) is 5.91 Å². The molecule has 41 heavy (non-hydrogen) atoms. The first-order valence-corrected chi connectivity index (χ1v) is 14.5. The Morgan fingerprint density at radius 2 is 1.66 bits per heavy atom. The molecule has 1 amide bonds. The van der Waals surface area contributed by atoms with Crippen LogP contribution >= 0.6 is 15.9 Å². The number of amides is 1. The van der Waals surface area contributed by atoms with Crippen LogP contribution in [0.2, 0.25) is 0 Å². The summed E-state index contributed by atoms with van der Waals surface area (Å²) in [6, 6.07) is 20.2. The number of carbonyl (C=O) groups excluding carboxylic acids is 1. The van der Waals surface area contributed by atoms with Crippen molar-refractivity contribution >= 4 is 38.3 Å². The lowest BCUT2D eigenvalue weighted by atomic mass is 9.94. The van der Waals surface area contributed by atoms with Gasteiger partial charge in [0.2, 0.25) is 0 Å². The molecule has 0 atom stereocenters. The first kappa shape index (κ1) is 28.9. The number of aryl methyl sites for hydroxylation is 1. The van der Waals surface area contributed by atoms with Gasteiger partial charge in [0, 0.05) is 40.7 Å². The minimum absolute atomic E-state index is 0.272. The Bertz CT molecular complexity index is 1550. The highest BCUT2D eigenvalue weighted by atomic mass is 79.9. The van der Waals surface area contributed by atoms with Crippen molar-refractivity contribution in [1.29, 1.82) is 0 Å². The molecular weight excluding hydrogens is 584 g/mol. The lowest BCUT2D eigenvalue weighted by molar-refractivity contribution is 0.0384. The third-order valence-electron chi connectivity index (χ3n) is 7.57. The number of halogens is 1. The van der Waals surface area contributed by atoms with Crippen LogP contribution in [0.4, 0.5) is 5.69 Å². The van der Waals surface area contributed by atoms with E-state index < -0.39 is 0 Å². The highest BCUT2D eigenvalue weighted by Crippen LogP contribution is 2.46. The largest absolute Gasteiger partial charge is 0.496 e. The van der Waals surface area contributed by atoms with Crippen molar-refractivity contribution < 1.29 is 23.7 Å². The number of benzene rings is 4. The van der Waals surface area contributed by atoms with Gasteiger partial charge in [-0.2, -0.15) is 0 Å². The third kappa shape index (κ3) is 6.05. The first-order valence-electron chi connectivity index (χ1n) is 13.7. The van der Waals surface area contributed by atoms with Crippen LogP contribution in [0.3, 0.4) is 0 Å². The average Bonchev–Trinajstić information content (AvgIpc) is 3.00. The number of fused-ring (bicyclic) bond motifs is 1. The van der Waals surface area contributed by atoms with Gasteiger partial charge in [-0.05, 0) is 69.6 Å². The van der Waals surface area contributed by atoms with Crippen LogP contribution in [0.25, 0.3) is 21.9 Å². The van der Waals surface area contributed by atoms with Gasteiger partial charge in [-0.3, -0.25) is 9.69 Å². The van der Waals surface area contributed by atoms with E-state index in [1.54, 1.807) is 21.3 Å². The standard InChI is InChI=1S/C33H35BrN2O5/c1-21-8-13-26(34)30(31(21)39-3)33(37)35-27-7-5-6-24-25(27)20-28(38-2)32(40-4)29(24)23-11-9-22(10-12-23)14-15-36-16-18-41-19-17-36/h5-13,20H,14-19H2,1-4H3,(H,35,37). The fraction of sp³-hybridized carbons (Fsp3) is 0.303. The van der Waals surface area contributed by atoms with Crippen LogP contribution in [-0.4, -0.2) is 65.0 Å². The van der Waals surface area contributed by atoms with Crippen molar-refractivity contribution in [1.82, 2.24) is 4.90 Å². The Kier molecular flexibility index (Phi) is 9.12. The molecule has 0 spiro atoms. The molecule has 0 saturated carbocycles. The second kappa shape index (κ2) is 12.9. The quantitative estimate of drug-likeness (QED) is 0.224. The molecule has 0 bridgehead atoms. The predicted molar refractivity (Wildman–Crippen MR) is 167 cm³/mol. The van der Waals surface area contributed by atoms with Gasteiger partial charge in [-0.25, -0.2) is 0 Å². The van der Waals surface area contributed by atoms with Crippen molar-refractivity contribution in [2.24, 2.45) is 0 Å². The molecule has 0 aliphatic carbocycles. The van der Waals surface area contributed by atoms with Crippen LogP contribution in [0, 0.1) is 6.92 Å². The van der Waals surface area contributed by atoms with Crippen LogP contribution in [0.5, 0.6) is 17.2 Å². The van der Waals surface area contributed by atoms with Gasteiger partial charge in [-0.1, -0.05) is 42.5 Å². The molecule has 4 aromatic rings. The zero-order valence-corrected chi connectivity index (χ0v) is 25.5. The Balaban J connectivity index is 1.52. The van der Waals surface area contributed by atoms with E-state index in [0.29, 0.717) is 33.0 Å². The van der Waals surface area contributed by atoms with E-state index in [2.05, 4.69) is 50.4 Å². The minimum atomic E-state index is -0.272. The molecule has 1 saturated heterocycles. The van der Waals surface area contributed by atoms with E-state index in [4.69, 9.17) is 18.9 Å². The van der Waals surface area contributed by atoms with Gasteiger partial charge >= 0.3 is 0 Å². The van der Waals surface area contributed by atoms with Gasteiger partial charge < -0.3 is 24.3 Å². The van der Waals surface area contributed by atoms with E-state index in [1.165, 1.54) is 5.56 Å². The summed E-state index contributed by atoms with van der Waals surface area (Å²) in [6.07, 6.45) is 0.977. The number of nitrogens with zero attached hydrogens (tertiary/aromatic N) is 1. The maximum atomic E-state index is 13.6. The second-order valence-electron chi connectivity index (χ2n) is 10.0. The Morgan fingerprint density at radius 1 is 0.927 bits per heavy atom. The molecule has 214 valence electrons. The molecule has 1 N–H and O–H groups in total. The summed E-state index contributed by atoms with van der Waals surface area (Å²) in [5, 5.41) is 4.89. The van der Waals surface area contributed by atoms with Crippen LogP contribution < -0.4 is 19.5 Å². The zero-order chi connectivity index (χ0) is 28.9. The molecule has 0 aromatic heterocycles. The Morgan fingerprint density at radius 3 is 2.34 bits per heavy atom. The molecule has 1 heterocycles. The number of ether oxygens (including phenoxy) is 4. The van der Waals surface area contributed by atoms with Crippen molar-refractivity contribution in [2.75, 3.05) is 59.5 Å². The third-order valence-corrected chi connectivity index (χ3v) is 8.23. The minimum Gasteiger partial charge on any atom is -0.496 e. The van der Waals surface area contributed by atoms with Crippen molar-refractivity contribution in [3.63, 3.8) is 0 Å². The van der Waals surface area contributed by atoms with Crippen LogP contribution in [-0.2, 0) is 11.2 Å². The summed E-state index contributed by atoms with van der Waals surface area (Å²) >= 11 is 3.52. The Hall–Kier alpha value is -3.59. The number of rotatable bonds is 9. The SMILES string of the molecule is COc1cc2c(NC(=O)c3c(Br)ccc(C)c3OC)cccc2c(-c2ccc(CCN3CCOCC3)cc2)c1OC. The molecule has 1 fully saturated rings. The van der Waals surface area contributed by atoms with Crippen molar-refractivity contribution in [3.05, 3.63) is 81.8 Å². The maximum absolute atomic E-state index is 13.6. The zero-order valence-electron chi connectivity index (χ0n) is 23.9. The number of methoxy groups -OCH3 is 3. The fourth-order valence-corrected chi connectivity index (χ4v) is 5.90. The molecule has 1 aliphatic rings. The van der Waals surface area contributed by atoms with Crippen molar-refractivity contribution in [2.45, 2.75) is 13.3 Å². The van der Waals surface area contributed by atoms with E-state index in [0.717, 1.165) is 66.7 Å². The number of hydrogen-bond acceptors (Lipinski definition) is 6. The summed E-state index contributed by atoms with van der Waals surface area (Å²) in [5.41, 5.74) is 5.17. The summed E-state index contributed by atoms with van der Waals surface area (Å²) in [6.45, 7) is 6.51. The lowest BCUT2D eigenvalue weighted by Crippen LogP contribution is -2.37. The van der Waals surface area contributed by atoms with Gasteiger partial charge in [0.1, 0.15) is 5.75 Å². The number of anilines is 1. The predicted octanol–water partition coefficient (Wildman–Crippen LogP) is 6.73. The summed E-state index contributed by atoms with van der Waals surface area (Å²) in [4.78, 5) is 16.0. The van der Waals surface area contributed by atoms with E-state index >= 15 is 0 Å². The second-order valence-corrected chi connectivity index (χ2v) is 10.9. The van der Waals surface area contributed by atoms with Gasteiger partial charge in [-0.15, -0.1) is 0 Å². The van der Waals surface area contributed by atoms with Crippen molar-refractivity contribution in [3.8, 4) is 28.4 Å². The smallest absolute Gasteiger partial charge is 0.260 e. The molecule has 0 radical (unpaired) electrons. The fourth-order valence-electron chi connectivity index (χ4n) is 5.40. The molecular formula is C33H35BrN2O5. The maximum Gasteiger partial charge on any atom is 0.260 e. The Labute approximate surface area is 249 Å². The number of carbonyl (C=O) groups is 1. The molecule has 1 aliphatic heterocycles. The lowest BCUT2D eigenvalue weighted by Gasteiger charge is -2.26. The number of hydrogen-bond donors (Lipinski definition) is 1. The monoisotopic (exact) mass is 618 g/mol.